The number of methoxy groups -OCH3 is 4. The van der Waals surface area contributed by atoms with Crippen molar-refractivity contribution in [3.8, 4) is 23.0 Å². The molecule has 8 nitrogen and oxygen atoms in total. The minimum absolute atomic E-state index is 0.128. The number of ether oxygens (including phenoxy) is 4. The van der Waals surface area contributed by atoms with E-state index in [0.717, 1.165) is 55.0 Å². The van der Waals surface area contributed by atoms with Crippen molar-refractivity contribution in [1.29, 1.82) is 0 Å². The van der Waals surface area contributed by atoms with Crippen molar-refractivity contribution in [3.05, 3.63) is 46.5 Å². The Bertz CT molecular complexity index is 1310. The molecule has 5 rings (SSSR count). The molecule has 214 valence electrons. The summed E-state index contributed by atoms with van der Waals surface area (Å²) in [6.07, 6.45) is 5.56. The maximum atomic E-state index is 13.3. The third-order valence-electron chi connectivity index (χ3n) is 9.23. The molecule has 9 heteroatoms. The first-order valence-corrected chi connectivity index (χ1v) is 15.8. The van der Waals surface area contributed by atoms with Crippen LogP contribution in [0.2, 0.25) is 0 Å². The molecule has 4 unspecified atom stereocenters. The van der Waals surface area contributed by atoms with Crippen molar-refractivity contribution in [2.45, 2.75) is 51.1 Å². The van der Waals surface area contributed by atoms with E-state index in [4.69, 9.17) is 18.9 Å². The number of benzene rings is 2. The van der Waals surface area contributed by atoms with Crippen LogP contribution in [-0.4, -0.2) is 78.0 Å². The number of sulfonamides is 1. The molecule has 3 heterocycles. The molecule has 2 aromatic rings. The lowest BCUT2D eigenvalue weighted by molar-refractivity contribution is 0.0215. The Morgan fingerprint density at radius 3 is 1.97 bits per heavy atom. The first-order valence-electron chi connectivity index (χ1n) is 13.9. The van der Waals surface area contributed by atoms with Gasteiger partial charge in [-0.2, -0.15) is 4.31 Å². The van der Waals surface area contributed by atoms with Gasteiger partial charge in [-0.1, -0.05) is 13.3 Å². The summed E-state index contributed by atoms with van der Waals surface area (Å²) in [5.74, 6) is 3.49. The van der Waals surface area contributed by atoms with E-state index in [1.54, 1.807) is 32.7 Å². The van der Waals surface area contributed by atoms with Crippen LogP contribution in [0.4, 0.5) is 0 Å². The minimum Gasteiger partial charge on any atom is -0.493 e. The topological polar surface area (TPSA) is 77.5 Å². The number of rotatable bonds is 7. The van der Waals surface area contributed by atoms with Crippen LogP contribution in [0.5, 0.6) is 23.0 Å². The Hall–Kier alpha value is -2.49. The summed E-state index contributed by atoms with van der Waals surface area (Å²) >= 11 is 0. The smallest absolute Gasteiger partial charge is 0.211 e. The molecule has 0 aliphatic carbocycles. The lowest BCUT2D eigenvalue weighted by atomic mass is 9.71. The van der Waals surface area contributed by atoms with Crippen LogP contribution in [0.3, 0.4) is 0 Å². The molecule has 1 fully saturated rings. The Labute approximate surface area is 233 Å². The van der Waals surface area contributed by atoms with Gasteiger partial charge >= 0.3 is 0 Å². The maximum absolute atomic E-state index is 13.3. The number of hydrogen-bond donors (Lipinski definition) is 0. The van der Waals surface area contributed by atoms with Crippen molar-refractivity contribution >= 4 is 10.0 Å². The molecule has 1 saturated heterocycles. The number of hydrogen-bond acceptors (Lipinski definition) is 7. The molecule has 3 aliphatic heterocycles. The van der Waals surface area contributed by atoms with Crippen molar-refractivity contribution in [2.75, 3.05) is 54.3 Å². The van der Waals surface area contributed by atoms with Crippen molar-refractivity contribution in [3.63, 3.8) is 0 Å². The van der Waals surface area contributed by atoms with E-state index in [-0.39, 0.29) is 18.0 Å². The molecule has 0 aromatic heterocycles. The molecule has 0 N–H and O–H groups in total. The summed E-state index contributed by atoms with van der Waals surface area (Å²) < 4.78 is 50.7. The zero-order valence-corrected chi connectivity index (χ0v) is 24.8. The van der Waals surface area contributed by atoms with Gasteiger partial charge < -0.3 is 18.9 Å². The molecule has 0 saturated carbocycles. The Morgan fingerprint density at radius 1 is 0.821 bits per heavy atom. The zero-order valence-electron chi connectivity index (χ0n) is 24.0. The molecule has 0 bridgehead atoms. The number of nitrogens with zero attached hydrogens (tertiary/aromatic N) is 2. The third kappa shape index (κ3) is 5.21. The first-order chi connectivity index (χ1) is 18.7. The van der Waals surface area contributed by atoms with Gasteiger partial charge in [0.1, 0.15) is 0 Å². The highest BCUT2D eigenvalue weighted by atomic mass is 32.2. The largest absolute Gasteiger partial charge is 0.493 e. The van der Waals surface area contributed by atoms with E-state index in [2.05, 4.69) is 30.0 Å². The number of piperidine rings is 1. The predicted molar refractivity (Wildman–Crippen MR) is 152 cm³/mol. The molecule has 0 amide bonds. The highest BCUT2D eigenvalue weighted by molar-refractivity contribution is 7.88. The standard InChI is InChI=1S/C30H42N2O6S/c1-7-19-18-31-10-8-21-14-28(36-3)30(38-5)17-24(21)25(31)16-23(19)26-12-22-15-29(37-4)27(35-2)13-20(22)9-11-32(26)39(6,33)34/h13-15,17,19,23,25-26H,7-12,16,18H2,1-6H3. The summed E-state index contributed by atoms with van der Waals surface area (Å²) in [5.41, 5.74) is 4.86. The van der Waals surface area contributed by atoms with Crippen LogP contribution < -0.4 is 18.9 Å². The Morgan fingerprint density at radius 2 is 1.38 bits per heavy atom. The van der Waals surface area contributed by atoms with Gasteiger partial charge in [-0.3, -0.25) is 4.90 Å². The summed E-state index contributed by atoms with van der Waals surface area (Å²) in [5, 5.41) is 0. The quantitative estimate of drug-likeness (QED) is 0.507. The first kappa shape index (κ1) is 28.1. The third-order valence-corrected chi connectivity index (χ3v) is 10.5. The number of fused-ring (bicyclic) bond motifs is 4. The van der Waals surface area contributed by atoms with Crippen LogP contribution in [0.1, 0.15) is 48.1 Å². The molecular weight excluding hydrogens is 516 g/mol. The van der Waals surface area contributed by atoms with E-state index in [1.807, 2.05) is 6.07 Å². The fourth-order valence-electron chi connectivity index (χ4n) is 7.25. The Balaban J connectivity index is 1.56. The average Bonchev–Trinajstić information content (AvgIpc) is 3.13. The normalized spacial score (nSPS) is 25.6. The zero-order chi connectivity index (χ0) is 27.9. The second-order valence-corrected chi connectivity index (χ2v) is 13.0. The maximum Gasteiger partial charge on any atom is 0.211 e. The fraction of sp³-hybridized carbons (Fsp3) is 0.600. The molecular formula is C30H42N2O6S. The minimum atomic E-state index is -3.42. The summed E-state index contributed by atoms with van der Waals surface area (Å²) in [7, 11) is 3.22. The van der Waals surface area contributed by atoms with Gasteiger partial charge in [-0.25, -0.2) is 8.42 Å². The fourth-order valence-corrected chi connectivity index (χ4v) is 8.40. The second kappa shape index (κ2) is 11.2. The van der Waals surface area contributed by atoms with Crippen LogP contribution in [0.15, 0.2) is 24.3 Å². The predicted octanol–water partition coefficient (Wildman–Crippen LogP) is 4.10. The molecule has 3 aliphatic rings. The molecule has 39 heavy (non-hydrogen) atoms. The van der Waals surface area contributed by atoms with E-state index in [9.17, 15) is 8.42 Å². The van der Waals surface area contributed by atoms with E-state index >= 15 is 0 Å². The lowest BCUT2D eigenvalue weighted by Gasteiger charge is -2.50. The summed E-state index contributed by atoms with van der Waals surface area (Å²) in [6.45, 7) is 4.67. The van der Waals surface area contributed by atoms with E-state index in [0.29, 0.717) is 36.8 Å². The van der Waals surface area contributed by atoms with Gasteiger partial charge in [0.25, 0.3) is 0 Å². The van der Waals surface area contributed by atoms with Gasteiger partial charge in [0, 0.05) is 31.7 Å². The highest BCUT2D eigenvalue weighted by Crippen LogP contribution is 2.48. The Kier molecular flexibility index (Phi) is 8.04. The second-order valence-electron chi connectivity index (χ2n) is 11.1. The van der Waals surface area contributed by atoms with Gasteiger partial charge in [-0.05, 0) is 84.0 Å². The van der Waals surface area contributed by atoms with Crippen LogP contribution in [0, 0.1) is 11.8 Å². The summed E-state index contributed by atoms with van der Waals surface area (Å²) in [6, 6.07) is 8.43. The molecule has 0 spiro atoms. The molecule has 4 atom stereocenters. The monoisotopic (exact) mass is 558 g/mol. The van der Waals surface area contributed by atoms with Crippen LogP contribution >= 0.6 is 0 Å². The SMILES string of the molecule is CCC1CN2CCc3cc(OC)c(OC)cc3C2CC1C1Cc2cc(OC)c(OC)cc2CCN1S(C)(=O)=O. The van der Waals surface area contributed by atoms with Gasteiger partial charge in [0.15, 0.2) is 23.0 Å². The van der Waals surface area contributed by atoms with Crippen molar-refractivity contribution in [2.24, 2.45) is 11.8 Å². The van der Waals surface area contributed by atoms with Gasteiger partial charge in [0.05, 0.1) is 34.7 Å². The van der Waals surface area contributed by atoms with Crippen molar-refractivity contribution in [1.82, 2.24) is 9.21 Å². The van der Waals surface area contributed by atoms with Gasteiger partial charge in [-0.15, -0.1) is 0 Å². The lowest BCUT2D eigenvalue weighted by Crippen LogP contribution is -2.54. The highest BCUT2D eigenvalue weighted by Gasteiger charge is 2.45. The van der Waals surface area contributed by atoms with Crippen LogP contribution in [0.25, 0.3) is 0 Å². The average molecular weight is 559 g/mol. The van der Waals surface area contributed by atoms with Crippen molar-refractivity contribution < 1.29 is 27.4 Å². The van der Waals surface area contributed by atoms with Crippen LogP contribution in [-0.2, 0) is 29.3 Å². The molecule has 0 radical (unpaired) electrons. The van der Waals surface area contributed by atoms with Gasteiger partial charge in [0.2, 0.25) is 10.0 Å². The molecule has 2 aromatic carbocycles. The van der Waals surface area contributed by atoms with E-state index in [1.165, 1.54) is 17.4 Å². The summed E-state index contributed by atoms with van der Waals surface area (Å²) in [4.78, 5) is 2.60. The van der Waals surface area contributed by atoms with E-state index < -0.39 is 10.0 Å².